The van der Waals surface area contributed by atoms with E-state index in [4.69, 9.17) is 9.40 Å². The Morgan fingerprint density at radius 3 is 2.35 bits per heavy atom. The molecule has 0 bridgehead atoms. The van der Waals surface area contributed by atoms with Crippen molar-refractivity contribution in [3.8, 4) is 11.8 Å². The van der Waals surface area contributed by atoms with Gasteiger partial charge in [-0.15, -0.1) is 5.92 Å². The summed E-state index contributed by atoms with van der Waals surface area (Å²) in [6.07, 6.45) is 8.40. The molecule has 1 aromatic heterocycles. The molecular weight excluding hydrogens is 462 g/mol. The maximum atomic E-state index is 13.3. The third-order valence-electron chi connectivity index (χ3n) is 8.31. The summed E-state index contributed by atoms with van der Waals surface area (Å²) in [7, 11) is 2.21. The molecule has 0 atom stereocenters. The number of rotatable bonds is 6. The van der Waals surface area contributed by atoms with Crippen molar-refractivity contribution in [1.29, 1.82) is 0 Å². The molecule has 1 amide bonds. The van der Waals surface area contributed by atoms with Crippen molar-refractivity contribution in [3.05, 3.63) is 35.1 Å². The monoisotopic (exact) mass is 507 g/mol. The van der Waals surface area contributed by atoms with E-state index < -0.39 is 0 Å². The lowest BCUT2D eigenvalue weighted by atomic mass is 9.94. The molecule has 1 aromatic rings. The molecule has 0 saturated carbocycles. The topological polar surface area (TPSA) is 56.1 Å². The van der Waals surface area contributed by atoms with E-state index >= 15 is 0 Å². The number of likely N-dealkylation sites (tertiary alicyclic amines) is 2. The largest absolute Gasteiger partial charge is 0.441 e. The molecule has 3 fully saturated rings. The molecule has 0 aromatic carbocycles. The number of aryl methyl sites for hydroxylation is 1. The molecule has 0 radical (unpaired) electrons. The fraction of sp³-hybridized carbons (Fsp3) is 0.667. The number of aromatic nitrogens is 1. The van der Waals surface area contributed by atoms with Gasteiger partial charge in [-0.3, -0.25) is 14.6 Å². The highest BCUT2D eigenvalue weighted by atomic mass is 16.4. The molecular formula is C30H45N5O2. The second-order valence-corrected chi connectivity index (χ2v) is 10.9. The van der Waals surface area contributed by atoms with Gasteiger partial charge >= 0.3 is 0 Å². The lowest BCUT2D eigenvalue weighted by molar-refractivity contribution is -0.139. The van der Waals surface area contributed by atoms with Gasteiger partial charge in [-0.25, -0.2) is 4.98 Å². The normalized spacial score (nSPS) is 22.2. The van der Waals surface area contributed by atoms with Crippen LogP contribution in [0.15, 0.2) is 22.1 Å². The zero-order valence-corrected chi connectivity index (χ0v) is 23.6. The standard InChI is InChI=1S/C30H45N5O2/c1-6-8-23(3)27(9-7-2)29-31-28(24(4)37-29)22-33-16-10-25(11-17-33)30(36)35-20-18-34(19-21-35)26-12-14-32(5)15-13-26/h6,8,25-26H,10-22H2,1-5H3/b8-6-,27-23+. The van der Waals surface area contributed by atoms with Crippen molar-refractivity contribution in [2.24, 2.45) is 5.92 Å². The number of piperazine rings is 1. The van der Waals surface area contributed by atoms with Crippen LogP contribution in [0.2, 0.25) is 0 Å². The molecule has 4 heterocycles. The summed E-state index contributed by atoms with van der Waals surface area (Å²) < 4.78 is 6.04. The summed E-state index contributed by atoms with van der Waals surface area (Å²) in [5.74, 6) is 8.11. The molecule has 0 aliphatic carbocycles. The van der Waals surface area contributed by atoms with Gasteiger partial charge in [0.2, 0.25) is 11.8 Å². The Labute approximate surface area is 223 Å². The molecule has 37 heavy (non-hydrogen) atoms. The Balaban J connectivity index is 1.27. The van der Waals surface area contributed by atoms with Crippen LogP contribution in [-0.4, -0.2) is 95.9 Å². The summed E-state index contributed by atoms with van der Waals surface area (Å²) in [6.45, 7) is 16.6. The molecule has 202 valence electrons. The summed E-state index contributed by atoms with van der Waals surface area (Å²) in [5.41, 5.74) is 2.86. The van der Waals surface area contributed by atoms with E-state index in [2.05, 4.69) is 38.5 Å². The van der Waals surface area contributed by atoms with E-state index in [0.717, 1.165) is 81.3 Å². The number of amides is 1. The van der Waals surface area contributed by atoms with Gasteiger partial charge in [-0.2, -0.15) is 0 Å². The quantitative estimate of drug-likeness (QED) is 0.431. The van der Waals surface area contributed by atoms with E-state index in [-0.39, 0.29) is 5.92 Å². The number of hydrogen-bond donors (Lipinski definition) is 0. The summed E-state index contributed by atoms with van der Waals surface area (Å²) in [6, 6.07) is 0.699. The fourth-order valence-corrected chi connectivity index (χ4v) is 5.94. The van der Waals surface area contributed by atoms with E-state index in [9.17, 15) is 4.79 Å². The fourth-order valence-electron chi connectivity index (χ4n) is 5.94. The van der Waals surface area contributed by atoms with Crippen molar-refractivity contribution in [3.63, 3.8) is 0 Å². The van der Waals surface area contributed by atoms with E-state index in [1.807, 2.05) is 39.8 Å². The Morgan fingerprint density at radius 1 is 1.05 bits per heavy atom. The molecule has 0 spiro atoms. The highest BCUT2D eigenvalue weighted by Crippen LogP contribution is 2.26. The number of nitrogens with zero attached hydrogens (tertiary/aromatic N) is 5. The number of carbonyl (C=O) groups excluding carboxylic acids is 1. The van der Waals surface area contributed by atoms with Gasteiger partial charge in [-0.1, -0.05) is 18.1 Å². The van der Waals surface area contributed by atoms with Crippen LogP contribution in [0.25, 0.3) is 5.57 Å². The predicted octanol–water partition coefficient (Wildman–Crippen LogP) is 3.81. The van der Waals surface area contributed by atoms with Crippen LogP contribution in [0.5, 0.6) is 0 Å². The molecule has 0 unspecified atom stereocenters. The first-order valence-corrected chi connectivity index (χ1v) is 14.1. The molecule has 0 N–H and O–H groups in total. The zero-order valence-electron chi connectivity index (χ0n) is 23.6. The van der Waals surface area contributed by atoms with Gasteiger partial charge in [0.05, 0.1) is 11.3 Å². The first-order chi connectivity index (χ1) is 17.9. The summed E-state index contributed by atoms with van der Waals surface area (Å²) in [5, 5.41) is 0. The second kappa shape index (κ2) is 12.9. The van der Waals surface area contributed by atoms with Gasteiger partial charge in [0.1, 0.15) is 5.76 Å². The highest BCUT2D eigenvalue weighted by Gasteiger charge is 2.33. The Morgan fingerprint density at radius 2 is 1.73 bits per heavy atom. The first kappa shape index (κ1) is 27.6. The van der Waals surface area contributed by atoms with Gasteiger partial charge < -0.3 is 14.2 Å². The highest BCUT2D eigenvalue weighted by molar-refractivity contribution is 5.79. The minimum absolute atomic E-state index is 0.151. The van der Waals surface area contributed by atoms with Crippen LogP contribution < -0.4 is 0 Å². The van der Waals surface area contributed by atoms with Crippen molar-refractivity contribution in [1.82, 2.24) is 24.6 Å². The van der Waals surface area contributed by atoms with Crippen LogP contribution in [0.4, 0.5) is 0 Å². The van der Waals surface area contributed by atoms with Crippen molar-refractivity contribution < 1.29 is 9.21 Å². The SMILES string of the molecule is CC#C/C(=C(C)\C=C/C)c1nc(CN2CCC(C(=O)N3CCN(C4CCN(C)CC4)CC3)CC2)c(C)o1. The Kier molecular flexibility index (Phi) is 9.64. The van der Waals surface area contributed by atoms with Gasteiger partial charge in [0.25, 0.3) is 0 Å². The second-order valence-electron chi connectivity index (χ2n) is 10.9. The first-order valence-electron chi connectivity index (χ1n) is 14.1. The molecule has 3 aliphatic rings. The van der Waals surface area contributed by atoms with E-state index in [1.54, 1.807) is 0 Å². The minimum Gasteiger partial charge on any atom is -0.441 e. The van der Waals surface area contributed by atoms with Crippen LogP contribution in [0.1, 0.15) is 63.8 Å². The Bertz CT molecular complexity index is 1040. The van der Waals surface area contributed by atoms with Crippen molar-refractivity contribution >= 4 is 11.5 Å². The van der Waals surface area contributed by atoms with Crippen molar-refractivity contribution in [2.45, 2.75) is 66.0 Å². The lowest BCUT2D eigenvalue weighted by Crippen LogP contribution is -2.55. The minimum atomic E-state index is 0.151. The summed E-state index contributed by atoms with van der Waals surface area (Å²) >= 11 is 0. The van der Waals surface area contributed by atoms with E-state index in [0.29, 0.717) is 17.8 Å². The van der Waals surface area contributed by atoms with E-state index in [1.165, 1.54) is 25.9 Å². The van der Waals surface area contributed by atoms with Gasteiger partial charge in [0.15, 0.2) is 0 Å². The Hall–Kier alpha value is -2.40. The van der Waals surface area contributed by atoms with Gasteiger partial charge in [0, 0.05) is 44.7 Å². The number of piperidine rings is 2. The average molecular weight is 508 g/mol. The lowest BCUT2D eigenvalue weighted by Gasteiger charge is -2.43. The molecule has 3 aliphatic heterocycles. The van der Waals surface area contributed by atoms with Crippen LogP contribution in [-0.2, 0) is 11.3 Å². The number of oxazole rings is 1. The molecule has 7 heteroatoms. The van der Waals surface area contributed by atoms with Crippen LogP contribution in [0.3, 0.4) is 0 Å². The number of allylic oxidation sites excluding steroid dienone is 4. The maximum absolute atomic E-state index is 13.3. The zero-order chi connectivity index (χ0) is 26.4. The molecule has 3 saturated heterocycles. The number of hydrogen-bond acceptors (Lipinski definition) is 6. The smallest absolute Gasteiger partial charge is 0.235 e. The summed E-state index contributed by atoms with van der Waals surface area (Å²) in [4.78, 5) is 27.7. The van der Waals surface area contributed by atoms with Crippen molar-refractivity contribution in [2.75, 3.05) is 59.4 Å². The maximum Gasteiger partial charge on any atom is 0.235 e. The average Bonchev–Trinajstić information content (AvgIpc) is 3.27. The third-order valence-corrected chi connectivity index (χ3v) is 8.31. The van der Waals surface area contributed by atoms with Gasteiger partial charge in [-0.05, 0) is 92.2 Å². The van der Waals surface area contributed by atoms with Crippen LogP contribution >= 0.6 is 0 Å². The molecule has 7 nitrogen and oxygen atoms in total. The number of carbonyl (C=O) groups is 1. The molecule has 4 rings (SSSR count). The predicted molar refractivity (Wildman–Crippen MR) is 149 cm³/mol. The van der Waals surface area contributed by atoms with Crippen LogP contribution in [0, 0.1) is 24.7 Å². The third kappa shape index (κ3) is 6.93.